The zero-order chi connectivity index (χ0) is 15.7. The molecule has 0 unspecified atom stereocenters. The Morgan fingerprint density at radius 1 is 1.33 bits per heavy atom. The second-order valence-corrected chi connectivity index (χ2v) is 5.25. The van der Waals surface area contributed by atoms with Gasteiger partial charge in [0.25, 0.3) is 0 Å². The Morgan fingerprint density at radius 3 is 2.57 bits per heavy atom. The normalized spacial score (nSPS) is 12.2. The number of nitrogens with zero attached hydrogens (tertiary/aromatic N) is 1. The minimum absolute atomic E-state index is 0.106. The van der Waals surface area contributed by atoms with Crippen molar-refractivity contribution in [2.24, 2.45) is 0 Å². The van der Waals surface area contributed by atoms with Crippen LogP contribution in [0.4, 0.5) is 0 Å². The maximum absolute atomic E-state index is 12.0. The lowest BCUT2D eigenvalue weighted by Gasteiger charge is -2.15. The zero-order valence-corrected chi connectivity index (χ0v) is 13.7. The summed E-state index contributed by atoms with van der Waals surface area (Å²) in [6.07, 6.45) is 1.52. The van der Waals surface area contributed by atoms with E-state index >= 15 is 0 Å². The van der Waals surface area contributed by atoms with Crippen LogP contribution in [0.3, 0.4) is 0 Å². The van der Waals surface area contributed by atoms with E-state index in [4.69, 9.17) is 32.7 Å². The van der Waals surface area contributed by atoms with E-state index in [2.05, 4.69) is 10.3 Å². The Morgan fingerprint density at radius 2 is 2.00 bits per heavy atom. The Bertz CT molecular complexity index is 438. The Labute approximate surface area is 134 Å². The van der Waals surface area contributed by atoms with Gasteiger partial charge in [0.15, 0.2) is 0 Å². The predicted molar refractivity (Wildman–Crippen MR) is 82.6 cm³/mol. The molecule has 0 saturated carbocycles. The van der Waals surface area contributed by atoms with E-state index in [0.717, 1.165) is 6.42 Å². The van der Waals surface area contributed by atoms with Crippen LogP contribution in [0.15, 0.2) is 12.1 Å². The molecule has 1 atom stereocenters. The van der Waals surface area contributed by atoms with Crippen LogP contribution in [0.2, 0.25) is 10.3 Å². The minimum Gasteiger partial charge on any atom is -0.460 e. The molecule has 0 aliphatic rings. The molecule has 5 nitrogen and oxygen atoms in total. The van der Waals surface area contributed by atoms with Crippen LogP contribution in [0.1, 0.15) is 25.3 Å². The Hall–Kier alpha value is -0.880. The van der Waals surface area contributed by atoms with Crippen molar-refractivity contribution in [2.75, 3.05) is 20.3 Å². The standard InChI is InChI=1S/C14H20Cl2N2O3/c1-3-5-20-6-4-11(17-2)14(19)21-9-10-7-12(15)18-13(16)8-10/h7-8,11,17H,3-6,9H2,1-2H3/t11-/m0/s1. The summed E-state index contributed by atoms with van der Waals surface area (Å²) in [5.41, 5.74) is 0.699. The van der Waals surface area contributed by atoms with E-state index in [1.807, 2.05) is 6.92 Å². The maximum atomic E-state index is 12.0. The predicted octanol–water partition coefficient (Wildman–Crippen LogP) is 2.84. The van der Waals surface area contributed by atoms with Gasteiger partial charge in [-0.2, -0.15) is 0 Å². The summed E-state index contributed by atoms with van der Waals surface area (Å²) in [7, 11) is 1.71. The van der Waals surface area contributed by atoms with Gasteiger partial charge < -0.3 is 14.8 Å². The number of carbonyl (C=O) groups is 1. The summed E-state index contributed by atoms with van der Waals surface area (Å²) < 4.78 is 10.6. The molecule has 0 amide bonds. The maximum Gasteiger partial charge on any atom is 0.323 e. The van der Waals surface area contributed by atoms with Crippen LogP contribution in [-0.4, -0.2) is 37.3 Å². The summed E-state index contributed by atoms with van der Waals surface area (Å²) >= 11 is 11.6. The zero-order valence-electron chi connectivity index (χ0n) is 12.2. The van der Waals surface area contributed by atoms with Crippen molar-refractivity contribution in [2.45, 2.75) is 32.4 Å². The number of hydrogen-bond acceptors (Lipinski definition) is 5. The smallest absolute Gasteiger partial charge is 0.323 e. The van der Waals surface area contributed by atoms with Crippen molar-refractivity contribution in [3.05, 3.63) is 28.0 Å². The van der Waals surface area contributed by atoms with Gasteiger partial charge in [-0.15, -0.1) is 0 Å². The molecule has 7 heteroatoms. The fourth-order valence-electron chi connectivity index (χ4n) is 1.68. The van der Waals surface area contributed by atoms with Gasteiger partial charge in [0.05, 0.1) is 0 Å². The fourth-order valence-corrected chi connectivity index (χ4v) is 2.19. The van der Waals surface area contributed by atoms with Crippen molar-refractivity contribution < 1.29 is 14.3 Å². The van der Waals surface area contributed by atoms with E-state index in [9.17, 15) is 4.79 Å². The van der Waals surface area contributed by atoms with E-state index in [0.29, 0.717) is 25.2 Å². The largest absolute Gasteiger partial charge is 0.460 e. The van der Waals surface area contributed by atoms with Gasteiger partial charge in [0, 0.05) is 13.2 Å². The van der Waals surface area contributed by atoms with Gasteiger partial charge in [-0.1, -0.05) is 30.1 Å². The topological polar surface area (TPSA) is 60.5 Å². The van der Waals surface area contributed by atoms with Crippen LogP contribution in [0.25, 0.3) is 0 Å². The third-order valence-corrected chi connectivity index (χ3v) is 3.12. The monoisotopic (exact) mass is 334 g/mol. The molecule has 1 rings (SSSR count). The third kappa shape index (κ3) is 7.09. The van der Waals surface area contributed by atoms with Crippen LogP contribution in [-0.2, 0) is 20.9 Å². The third-order valence-electron chi connectivity index (χ3n) is 2.74. The SMILES string of the molecule is CCCOCC[C@H](NC)C(=O)OCc1cc(Cl)nc(Cl)c1. The van der Waals surface area contributed by atoms with E-state index < -0.39 is 6.04 Å². The first-order chi connectivity index (χ1) is 10.1. The van der Waals surface area contributed by atoms with Crippen molar-refractivity contribution in [3.63, 3.8) is 0 Å². The summed E-state index contributed by atoms with van der Waals surface area (Å²) in [6, 6.07) is 2.83. The number of ether oxygens (including phenoxy) is 2. The molecule has 118 valence electrons. The van der Waals surface area contributed by atoms with Crippen molar-refractivity contribution in [1.82, 2.24) is 10.3 Å². The van der Waals surface area contributed by atoms with Gasteiger partial charge >= 0.3 is 5.97 Å². The van der Waals surface area contributed by atoms with E-state index in [1.165, 1.54) is 0 Å². The number of likely N-dealkylation sites (N-methyl/N-ethyl adjacent to an activating group) is 1. The number of pyridine rings is 1. The van der Waals surface area contributed by atoms with Gasteiger partial charge in [0.1, 0.15) is 23.0 Å². The van der Waals surface area contributed by atoms with Crippen LogP contribution >= 0.6 is 23.2 Å². The van der Waals surface area contributed by atoms with Crippen LogP contribution < -0.4 is 5.32 Å². The highest BCUT2D eigenvalue weighted by Gasteiger charge is 2.18. The molecular formula is C14H20Cl2N2O3. The molecule has 0 fully saturated rings. The van der Waals surface area contributed by atoms with Gasteiger partial charge in [-0.3, -0.25) is 4.79 Å². The molecule has 0 saturated heterocycles. The molecule has 21 heavy (non-hydrogen) atoms. The van der Waals surface area contributed by atoms with Crippen molar-refractivity contribution in [3.8, 4) is 0 Å². The molecular weight excluding hydrogens is 315 g/mol. The second-order valence-electron chi connectivity index (χ2n) is 4.47. The lowest BCUT2D eigenvalue weighted by atomic mass is 10.2. The summed E-state index contributed by atoms with van der Waals surface area (Å²) in [6.45, 7) is 3.35. The molecule has 0 spiro atoms. The molecule has 0 bridgehead atoms. The van der Waals surface area contributed by atoms with Crippen LogP contribution in [0.5, 0.6) is 0 Å². The average molecular weight is 335 g/mol. The summed E-state index contributed by atoms with van der Waals surface area (Å²) in [4.78, 5) is 15.8. The highest BCUT2D eigenvalue weighted by molar-refractivity contribution is 6.32. The number of hydrogen-bond donors (Lipinski definition) is 1. The fraction of sp³-hybridized carbons (Fsp3) is 0.571. The molecule has 1 aromatic rings. The number of halogens is 2. The van der Waals surface area contributed by atoms with Gasteiger partial charge in [-0.25, -0.2) is 4.98 Å². The molecule has 0 aromatic carbocycles. The van der Waals surface area contributed by atoms with Gasteiger partial charge in [0.2, 0.25) is 0 Å². The summed E-state index contributed by atoms with van der Waals surface area (Å²) in [5.74, 6) is -0.332. The highest BCUT2D eigenvalue weighted by Crippen LogP contribution is 2.15. The Balaban J connectivity index is 2.42. The average Bonchev–Trinajstić information content (AvgIpc) is 2.44. The first-order valence-electron chi connectivity index (χ1n) is 6.80. The first kappa shape index (κ1) is 18.2. The molecule has 0 aliphatic carbocycles. The lowest BCUT2D eigenvalue weighted by molar-refractivity contribution is -0.147. The van der Waals surface area contributed by atoms with Crippen molar-refractivity contribution >= 4 is 29.2 Å². The first-order valence-corrected chi connectivity index (χ1v) is 7.56. The molecule has 0 aliphatic heterocycles. The second kappa shape index (κ2) is 9.95. The van der Waals surface area contributed by atoms with E-state index in [-0.39, 0.29) is 22.9 Å². The summed E-state index contributed by atoms with van der Waals surface area (Å²) in [5, 5.41) is 3.46. The number of aromatic nitrogens is 1. The molecule has 1 heterocycles. The number of carbonyl (C=O) groups excluding carboxylic acids is 1. The Kier molecular flexibility index (Phi) is 8.61. The van der Waals surface area contributed by atoms with Crippen LogP contribution in [0, 0.1) is 0 Å². The molecule has 0 radical (unpaired) electrons. The quantitative estimate of drug-likeness (QED) is 0.427. The minimum atomic E-state index is -0.394. The number of nitrogens with one attached hydrogen (secondary N) is 1. The van der Waals surface area contributed by atoms with Gasteiger partial charge in [-0.05, 0) is 37.6 Å². The number of esters is 1. The van der Waals surface area contributed by atoms with Crippen molar-refractivity contribution in [1.29, 1.82) is 0 Å². The van der Waals surface area contributed by atoms with E-state index in [1.54, 1.807) is 19.2 Å². The lowest BCUT2D eigenvalue weighted by Crippen LogP contribution is -2.36. The molecule has 1 aromatic heterocycles. The highest BCUT2D eigenvalue weighted by atomic mass is 35.5. The number of rotatable bonds is 9. The molecule has 1 N–H and O–H groups in total.